The molecule has 0 radical (unpaired) electrons. The second-order valence-electron chi connectivity index (χ2n) is 4.21. The maximum atomic E-state index is 5.87. The molecule has 0 unspecified atom stereocenters. The summed E-state index contributed by atoms with van der Waals surface area (Å²) in [6.07, 6.45) is 0.874. The lowest BCUT2D eigenvalue weighted by Crippen LogP contribution is -2.00. The van der Waals surface area contributed by atoms with Gasteiger partial charge in [0, 0.05) is 22.1 Å². The van der Waals surface area contributed by atoms with Gasteiger partial charge in [-0.05, 0) is 35.7 Å². The fourth-order valence-corrected chi connectivity index (χ4v) is 2.11. The van der Waals surface area contributed by atoms with Crippen LogP contribution in [0.1, 0.15) is 23.7 Å². The second-order valence-corrected chi connectivity index (χ2v) is 5.39. The predicted octanol–water partition coefficient (Wildman–Crippen LogP) is 4.72. The van der Waals surface area contributed by atoms with Crippen LogP contribution < -0.4 is 4.74 Å². The van der Waals surface area contributed by atoms with Crippen molar-refractivity contribution in [1.29, 1.82) is 0 Å². The average Bonchev–Trinajstić information content (AvgIpc) is 2.46. The second kappa shape index (κ2) is 6.92. The van der Waals surface area contributed by atoms with Crippen LogP contribution in [0.5, 0.6) is 5.88 Å². The van der Waals surface area contributed by atoms with Crippen LogP contribution in [0.4, 0.5) is 0 Å². The molecule has 1 heterocycles. The molecule has 1 aromatic heterocycles. The normalized spacial score (nSPS) is 10.5. The van der Waals surface area contributed by atoms with Gasteiger partial charge in [0.25, 0.3) is 0 Å². The number of aryl methyl sites for hydroxylation is 1. The number of ether oxygens (including phenoxy) is 1. The molecule has 2 aromatic rings. The van der Waals surface area contributed by atoms with Crippen LogP contribution in [0.25, 0.3) is 0 Å². The molecule has 0 saturated carbocycles. The van der Waals surface area contributed by atoms with Gasteiger partial charge in [-0.2, -0.15) is 0 Å². The number of aromatic nitrogens is 1. The lowest BCUT2D eigenvalue weighted by atomic mass is 10.2. The van der Waals surface area contributed by atoms with Crippen LogP contribution in [-0.2, 0) is 18.9 Å². The first-order valence-corrected chi connectivity index (χ1v) is 7.47. The first-order valence-electron chi connectivity index (χ1n) is 6.14. The molecule has 0 fully saturated rings. The molecule has 0 bridgehead atoms. The smallest absolute Gasteiger partial charge is 0.214 e. The quantitative estimate of drug-likeness (QED) is 0.734. The molecule has 0 N–H and O–H groups in total. The molecule has 0 amide bonds. The highest BCUT2D eigenvalue weighted by Crippen LogP contribution is 2.17. The van der Waals surface area contributed by atoms with E-state index in [1.807, 2.05) is 36.4 Å². The molecule has 4 heteroatoms. The Balaban J connectivity index is 2.08. The van der Waals surface area contributed by atoms with E-state index >= 15 is 0 Å². The molecular formula is C15H15BrClNO. The predicted molar refractivity (Wildman–Crippen MR) is 81.6 cm³/mol. The average molecular weight is 341 g/mol. The van der Waals surface area contributed by atoms with Crippen molar-refractivity contribution in [3.05, 3.63) is 57.7 Å². The zero-order valence-electron chi connectivity index (χ0n) is 10.7. The Morgan fingerprint density at radius 1 is 1.16 bits per heavy atom. The fraction of sp³-hybridized carbons (Fsp3) is 0.267. The van der Waals surface area contributed by atoms with Crippen LogP contribution in [0.2, 0.25) is 0 Å². The summed E-state index contributed by atoms with van der Waals surface area (Å²) in [5.74, 6) is 1.11. The van der Waals surface area contributed by atoms with Crippen molar-refractivity contribution in [3.63, 3.8) is 0 Å². The van der Waals surface area contributed by atoms with Crippen LogP contribution in [-0.4, -0.2) is 4.98 Å². The van der Waals surface area contributed by atoms with Crippen LogP contribution in [0.15, 0.2) is 40.9 Å². The zero-order chi connectivity index (χ0) is 13.7. The molecule has 0 atom stereocenters. The first-order chi connectivity index (χ1) is 9.21. The molecule has 0 aliphatic rings. The Kier molecular flexibility index (Phi) is 5.23. The van der Waals surface area contributed by atoms with Gasteiger partial charge in [0.2, 0.25) is 5.88 Å². The van der Waals surface area contributed by atoms with Gasteiger partial charge >= 0.3 is 0 Å². The maximum absolute atomic E-state index is 5.87. The van der Waals surface area contributed by atoms with Gasteiger partial charge in [0.15, 0.2) is 0 Å². The molecule has 0 aliphatic heterocycles. The Bertz CT molecular complexity index is 520. The van der Waals surface area contributed by atoms with E-state index in [0.29, 0.717) is 18.4 Å². The zero-order valence-corrected chi connectivity index (χ0v) is 13.0. The Labute approximate surface area is 126 Å². The Morgan fingerprint density at radius 3 is 2.53 bits per heavy atom. The van der Waals surface area contributed by atoms with E-state index < -0.39 is 0 Å². The van der Waals surface area contributed by atoms with Crippen molar-refractivity contribution in [3.8, 4) is 5.88 Å². The number of hydrogen-bond acceptors (Lipinski definition) is 2. The van der Waals surface area contributed by atoms with Crippen LogP contribution in [0.3, 0.4) is 0 Å². The molecule has 2 rings (SSSR count). The molecule has 1 aromatic carbocycles. The largest absolute Gasteiger partial charge is 0.473 e. The van der Waals surface area contributed by atoms with Crippen molar-refractivity contribution in [1.82, 2.24) is 4.98 Å². The third kappa shape index (κ3) is 4.22. The first kappa shape index (κ1) is 14.4. The van der Waals surface area contributed by atoms with Gasteiger partial charge in [-0.25, -0.2) is 4.98 Å². The molecule has 0 aliphatic carbocycles. The Hall–Kier alpha value is -1.06. The minimum atomic E-state index is 0.476. The van der Waals surface area contributed by atoms with Crippen molar-refractivity contribution < 1.29 is 4.74 Å². The summed E-state index contributed by atoms with van der Waals surface area (Å²) >= 11 is 9.29. The highest BCUT2D eigenvalue weighted by atomic mass is 79.9. The highest BCUT2D eigenvalue weighted by molar-refractivity contribution is 9.10. The van der Waals surface area contributed by atoms with Gasteiger partial charge in [-0.1, -0.05) is 35.0 Å². The number of nitrogens with zero attached hydrogens (tertiary/aromatic N) is 1. The molecule has 19 heavy (non-hydrogen) atoms. The Morgan fingerprint density at radius 2 is 1.89 bits per heavy atom. The monoisotopic (exact) mass is 339 g/mol. The molecule has 100 valence electrons. The minimum absolute atomic E-state index is 0.476. The fourth-order valence-electron chi connectivity index (χ4n) is 1.69. The topological polar surface area (TPSA) is 22.1 Å². The summed E-state index contributed by atoms with van der Waals surface area (Å²) < 4.78 is 6.79. The van der Waals surface area contributed by atoms with Gasteiger partial charge in [-0.3, -0.25) is 0 Å². The van der Waals surface area contributed by atoms with Crippen molar-refractivity contribution in [2.45, 2.75) is 25.8 Å². The van der Waals surface area contributed by atoms with Crippen molar-refractivity contribution in [2.75, 3.05) is 0 Å². The standard InChI is InChI=1S/C15H15BrClNO/c1-2-14-7-12(9-17)8-15(18-14)19-10-11-3-5-13(16)6-4-11/h3-8H,2,9-10H2,1H3. The summed E-state index contributed by atoms with van der Waals surface area (Å²) in [5, 5.41) is 0. The molecule has 2 nitrogen and oxygen atoms in total. The lowest BCUT2D eigenvalue weighted by Gasteiger charge is -2.08. The van der Waals surface area contributed by atoms with E-state index in [2.05, 4.69) is 27.8 Å². The minimum Gasteiger partial charge on any atom is -0.473 e. The molecule has 0 spiro atoms. The highest BCUT2D eigenvalue weighted by Gasteiger charge is 2.03. The van der Waals surface area contributed by atoms with Crippen molar-refractivity contribution >= 4 is 27.5 Å². The number of halogens is 2. The lowest BCUT2D eigenvalue weighted by molar-refractivity contribution is 0.293. The van der Waals surface area contributed by atoms with E-state index in [1.54, 1.807) is 0 Å². The third-order valence-electron chi connectivity index (χ3n) is 2.73. The van der Waals surface area contributed by atoms with E-state index in [4.69, 9.17) is 16.3 Å². The van der Waals surface area contributed by atoms with Crippen LogP contribution in [0, 0.1) is 0 Å². The van der Waals surface area contributed by atoms with Crippen molar-refractivity contribution in [2.24, 2.45) is 0 Å². The van der Waals surface area contributed by atoms with E-state index in [0.717, 1.165) is 27.7 Å². The summed E-state index contributed by atoms with van der Waals surface area (Å²) in [7, 11) is 0. The summed E-state index contributed by atoms with van der Waals surface area (Å²) in [4.78, 5) is 4.44. The number of alkyl halides is 1. The van der Waals surface area contributed by atoms with E-state index in [9.17, 15) is 0 Å². The third-order valence-corrected chi connectivity index (χ3v) is 3.57. The van der Waals surface area contributed by atoms with Gasteiger partial charge in [0.1, 0.15) is 6.61 Å². The number of hydrogen-bond donors (Lipinski definition) is 0. The summed E-state index contributed by atoms with van der Waals surface area (Å²) in [6.45, 7) is 2.58. The number of rotatable bonds is 5. The maximum Gasteiger partial charge on any atom is 0.214 e. The van der Waals surface area contributed by atoms with Crippen LogP contribution >= 0.6 is 27.5 Å². The van der Waals surface area contributed by atoms with Gasteiger partial charge in [-0.15, -0.1) is 11.6 Å². The summed E-state index contributed by atoms with van der Waals surface area (Å²) in [6, 6.07) is 12.0. The SMILES string of the molecule is CCc1cc(CCl)cc(OCc2ccc(Br)cc2)n1. The number of pyridine rings is 1. The molecular weight excluding hydrogens is 326 g/mol. The summed E-state index contributed by atoms with van der Waals surface area (Å²) in [5.41, 5.74) is 3.16. The van der Waals surface area contributed by atoms with Gasteiger partial charge < -0.3 is 4.74 Å². The molecule has 0 saturated heterocycles. The number of benzene rings is 1. The van der Waals surface area contributed by atoms with E-state index in [1.165, 1.54) is 0 Å². The van der Waals surface area contributed by atoms with Gasteiger partial charge in [0.05, 0.1) is 0 Å². The van der Waals surface area contributed by atoms with E-state index in [-0.39, 0.29) is 0 Å².